The first-order chi connectivity index (χ1) is 15.1. The number of hydrogen-bond acceptors (Lipinski definition) is 4. The van der Waals surface area contributed by atoms with Crippen LogP contribution in [0, 0.1) is 0 Å². The summed E-state index contributed by atoms with van der Waals surface area (Å²) in [5.41, 5.74) is 2.04. The van der Waals surface area contributed by atoms with Crippen LogP contribution in [0.3, 0.4) is 0 Å². The maximum Gasteiger partial charge on any atom is 0.228 e. The summed E-state index contributed by atoms with van der Waals surface area (Å²) in [7, 11) is 0. The third-order valence-corrected chi connectivity index (χ3v) is 6.63. The van der Waals surface area contributed by atoms with Gasteiger partial charge in [0.1, 0.15) is 5.82 Å². The van der Waals surface area contributed by atoms with Gasteiger partial charge in [-0.3, -0.25) is 14.7 Å². The molecule has 0 radical (unpaired) electrons. The maximum absolute atomic E-state index is 12.8. The van der Waals surface area contributed by atoms with Crippen LogP contribution in [-0.4, -0.2) is 29.0 Å². The average molecular weight is 492 g/mol. The molecule has 0 spiro atoms. The summed E-state index contributed by atoms with van der Waals surface area (Å²) in [6.07, 6.45) is 7.38. The zero-order valence-electron chi connectivity index (χ0n) is 17.5. The van der Waals surface area contributed by atoms with E-state index >= 15 is 0 Å². The van der Waals surface area contributed by atoms with Gasteiger partial charge in [0.25, 0.3) is 0 Å². The molecule has 1 atom stereocenters. The number of hydrogen-bond donors (Lipinski definition) is 1. The molecule has 8 heteroatoms. The Balaban J connectivity index is 0.00000289. The molecule has 0 unspecified atom stereocenters. The van der Waals surface area contributed by atoms with Crippen LogP contribution in [0.1, 0.15) is 30.4 Å². The van der Waals surface area contributed by atoms with Crippen LogP contribution in [0.4, 0.5) is 5.82 Å². The lowest BCUT2D eigenvalue weighted by molar-refractivity contribution is -0.120. The second-order valence-electron chi connectivity index (χ2n) is 7.86. The predicted molar refractivity (Wildman–Crippen MR) is 132 cm³/mol. The van der Waals surface area contributed by atoms with E-state index in [0.29, 0.717) is 28.8 Å². The molecule has 5 nitrogen and oxygen atoms in total. The van der Waals surface area contributed by atoms with Gasteiger partial charge in [0.05, 0.1) is 10.0 Å². The fourth-order valence-corrected chi connectivity index (χ4v) is 4.44. The zero-order valence-corrected chi connectivity index (χ0v) is 19.8. The van der Waals surface area contributed by atoms with E-state index in [0.717, 1.165) is 31.5 Å². The van der Waals surface area contributed by atoms with E-state index in [9.17, 15) is 4.79 Å². The minimum Gasteiger partial charge on any atom is -0.313 e. The van der Waals surface area contributed by atoms with E-state index in [1.165, 1.54) is 5.56 Å². The normalized spacial score (nSPS) is 18.3. The largest absolute Gasteiger partial charge is 0.313 e. The van der Waals surface area contributed by atoms with Crippen molar-refractivity contribution in [2.75, 3.05) is 18.0 Å². The third kappa shape index (κ3) is 5.59. The van der Waals surface area contributed by atoms with Gasteiger partial charge in [-0.1, -0.05) is 35.3 Å². The summed E-state index contributed by atoms with van der Waals surface area (Å²) in [4.78, 5) is 23.0. The molecule has 0 aliphatic carbocycles. The molecule has 2 aromatic heterocycles. The van der Waals surface area contributed by atoms with Gasteiger partial charge in [-0.2, -0.15) is 0 Å². The second-order valence-corrected chi connectivity index (χ2v) is 8.67. The first kappa shape index (κ1) is 24.5. The average Bonchev–Trinajstić information content (AvgIpc) is 2.81. The molecule has 1 amide bonds. The summed E-state index contributed by atoms with van der Waals surface area (Å²) >= 11 is 12.6. The molecule has 1 N–H and O–H groups in total. The van der Waals surface area contributed by atoms with Gasteiger partial charge in [0.15, 0.2) is 0 Å². The molecule has 4 rings (SSSR count). The van der Waals surface area contributed by atoms with Crippen molar-refractivity contribution >= 4 is 47.3 Å². The number of anilines is 1. The number of amides is 1. The van der Waals surface area contributed by atoms with Crippen molar-refractivity contribution in [2.24, 2.45) is 0 Å². The number of nitrogens with one attached hydrogen (secondary N) is 1. The van der Waals surface area contributed by atoms with E-state index in [1.54, 1.807) is 23.5 Å². The quantitative estimate of drug-likeness (QED) is 0.447. The highest BCUT2D eigenvalue weighted by Crippen LogP contribution is 2.40. The number of aromatic nitrogens is 2. The molecular weight excluding hydrogens is 467 g/mol. The predicted octanol–water partition coefficient (Wildman–Crippen LogP) is 5.45. The zero-order chi connectivity index (χ0) is 21.7. The molecule has 1 aliphatic heterocycles. The lowest BCUT2D eigenvalue weighted by Gasteiger charge is -2.43. The Labute approximate surface area is 204 Å². The first-order valence-electron chi connectivity index (χ1n) is 10.3. The second kappa shape index (κ2) is 11.1. The smallest absolute Gasteiger partial charge is 0.228 e. The molecule has 3 aromatic rings. The van der Waals surface area contributed by atoms with Crippen LogP contribution < -0.4 is 10.2 Å². The van der Waals surface area contributed by atoms with Crippen molar-refractivity contribution in [3.63, 3.8) is 0 Å². The van der Waals surface area contributed by atoms with Gasteiger partial charge in [0.2, 0.25) is 5.91 Å². The van der Waals surface area contributed by atoms with Gasteiger partial charge in [0, 0.05) is 43.5 Å². The van der Waals surface area contributed by atoms with Gasteiger partial charge < -0.3 is 5.32 Å². The molecule has 32 heavy (non-hydrogen) atoms. The number of carbonyl (C=O) groups is 1. The van der Waals surface area contributed by atoms with Gasteiger partial charge in [-0.25, -0.2) is 4.98 Å². The fraction of sp³-hybridized carbons (Fsp3) is 0.292. The molecule has 1 fully saturated rings. The number of nitrogens with zero attached hydrogens (tertiary/aromatic N) is 3. The van der Waals surface area contributed by atoms with Crippen molar-refractivity contribution in [3.8, 4) is 0 Å². The van der Waals surface area contributed by atoms with Gasteiger partial charge >= 0.3 is 0 Å². The highest BCUT2D eigenvalue weighted by atomic mass is 35.5. The minimum atomic E-state index is -0.245. The lowest BCUT2D eigenvalue weighted by Crippen LogP contribution is -2.50. The van der Waals surface area contributed by atoms with E-state index in [2.05, 4.69) is 15.3 Å². The van der Waals surface area contributed by atoms with Crippen LogP contribution in [-0.2, 0) is 16.8 Å². The summed E-state index contributed by atoms with van der Waals surface area (Å²) in [5.74, 6) is 0.778. The minimum absolute atomic E-state index is 0. The monoisotopic (exact) mass is 490 g/mol. The summed E-state index contributed by atoms with van der Waals surface area (Å²) in [6.45, 7) is 2.12. The Morgan fingerprint density at radius 3 is 2.56 bits per heavy atom. The topological polar surface area (TPSA) is 58.1 Å². The highest BCUT2D eigenvalue weighted by molar-refractivity contribution is 6.42. The molecule has 1 aliphatic rings. The van der Waals surface area contributed by atoms with E-state index in [4.69, 9.17) is 23.2 Å². The lowest BCUT2D eigenvalue weighted by atomic mass is 9.71. The van der Waals surface area contributed by atoms with Crippen molar-refractivity contribution < 1.29 is 4.79 Å². The molecular formula is C24H25Cl3N4O. The number of carbonyl (C=O) groups excluding carboxylic acids is 1. The Kier molecular flexibility index (Phi) is 8.49. The molecule has 1 aromatic carbocycles. The van der Waals surface area contributed by atoms with Gasteiger partial charge in [-0.05, 0) is 66.9 Å². The summed E-state index contributed by atoms with van der Waals surface area (Å²) in [5, 5.41) is 4.59. The van der Waals surface area contributed by atoms with Crippen LogP contribution >= 0.6 is 35.6 Å². The van der Waals surface area contributed by atoms with Crippen LogP contribution in [0.2, 0.25) is 10.0 Å². The Morgan fingerprint density at radius 2 is 1.84 bits per heavy atom. The Hall–Kier alpha value is -2.18. The van der Waals surface area contributed by atoms with Crippen molar-refractivity contribution in [2.45, 2.75) is 31.2 Å². The third-order valence-electron chi connectivity index (χ3n) is 5.90. The number of pyridine rings is 2. The number of rotatable bonds is 7. The summed E-state index contributed by atoms with van der Waals surface area (Å²) < 4.78 is 0. The molecule has 168 valence electrons. The van der Waals surface area contributed by atoms with Crippen molar-refractivity contribution in [1.29, 1.82) is 0 Å². The van der Waals surface area contributed by atoms with Gasteiger partial charge in [-0.15, -0.1) is 12.4 Å². The van der Waals surface area contributed by atoms with Crippen LogP contribution in [0.15, 0.2) is 67.1 Å². The highest BCUT2D eigenvalue weighted by Gasteiger charge is 2.41. The van der Waals surface area contributed by atoms with Crippen molar-refractivity contribution in [1.82, 2.24) is 15.3 Å². The van der Waals surface area contributed by atoms with Crippen LogP contribution in [0.5, 0.6) is 0 Å². The Morgan fingerprint density at radius 1 is 1.03 bits per heavy atom. The Bertz CT molecular complexity index is 1040. The fourth-order valence-electron chi connectivity index (χ4n) is 4.14. The van der Waals surface area contributed by atoms with Crippen molar-refractivity contribution in [3.05, 3.63) is 88.3 Å². The molecule has 1 saturated heterocycles. The SMILES string of the molecule is Cl.O=C1CC[C@](CCNCc2ccncc2)(c2ccc(Cl)c(Cl)c2)CN1c1ccccn1. The van der Waals surface area contributed by atoms with Crippen LogP contribution in [0.25, 0.3) is 0 Å². The van der Waals surface area contributed by atoms with E-state index in [-0.39, 0.29) is 23.7 Å². The summed E-state index contributed by atoms with van der Waals surface area (Å²) in [6, 6.07) is 15.5. The number of benzene rings is 1. The molecule has 3 heterocycles. The van der Waals surface area contributed by atoms with E-state index < -0.39 is 0 Å². The molecule has 0 bridgehead atoms. The maximum atomic E-state index is 12.8. The number of halogens is 3. The molecule has 0 saturated carbocycles. The number of piperidine rings is 1. The first-order valence-corrected chi connectivity index (χ1v) is 11.1. The van der Waals surface area contributed by atoms with E-state index in [1.807, 2.05) is 48.5 Å². The standard InChI is InChI=1S/C24H24Cl2N4O.ClH/c25-20-5-4-19(15-21(20)26)24(10-14-28-16-18-7-12-27-13-8-18)9-6-23(31)30(17-24)22-3-1-2-11-29-22;/h1-5,7-8,11-13,15,28H,6,9-10,14,16-17H2;1H/t24-;/m1./s1.